The first-order chi connectivity index (χ1) is 11.2. The zero-order chi connectivity index (χ0) is 17.6. The maximum Gasteiger partial charge on any atom is 0.246 e. The van der Waals surface area contributed by atoms with Gasteiger partial charge in [-0.1, -0.05) is 11.6 Å². The quantitative estimate of drug-likeness (QED) is 0.904. The van der Waals surface area contributed by atoms with Crippen LogP contribution in [0.25, 0.3) is 0 Å². The molecule has 0 spiro atoms. The fourth-order valence-electron chi connectivity index (χ4n) is 2.79. The molecule has 7 heteroatoms. The molecule has 0 aliphatic carbocycles. The number of thiazole rings is 1. The molecule has 0 bridgehead atoms. The molecule has 0 radical (unpaired) electrons. The third-order valence-corrected chi connectivity index (χ3v) is 5.50. The minimum Gasteiger partial charge on any atom is -0.302 e. The van der Waals surface area contributed by atoms with E-state index in [2.05, 4.69) is 10.3 Å². The Morgan fingerprint density at radius 3 is 2.71 bits per heavy atom. The summed E-state index contributed by atoms with van der Waals surface area (Å²) < 4.78 is 0. The molecule has 2 heterocycles. The zero-order valence-electron chi connectivity index (χ0n) is 13.9. The number of aryl methyl sites for hydroxylation is 2. The number of benzene rings is 1. The van der Waals surface area contributed by atoms with Crippen molar-refractivity contribution in [3.8, 4) is 0 Å². The molecule has 0 unspecified atom stereocenters. The van der Waals surface area contributed by atoms with E-state index in [1.807, 2.05) is 27.7 Å². The maximum absolute atomic E-state index is 12.7. The lowest BCUT2D eigenvalue weighted by molar-refractivity contribution is -0.124. The van der Waals surface area contributed by atoms with Crippen LogP contribution in [0.4, 0.5) is 10.8 Å². The summed E-state index contributed by atoms with van der Waals surface area (Å²) in [6.07, 6.45) is 0. The van der Waals surface area contributed by atoms with E-state index in [-0.39, 0.29) is 18.4 Å². The highest BCUT2D eigenvalue weighted by Crippen LogP contribution is 2.42. The van der Waals surface area contributed by atoms with Gasteiger partial charge in [-0.25, -0.2) is 4.98 Å². The molecule has 126 valence electrons. The van der Waals surface area contributed by atoms with E-state index in [4.69, 9.17) is 11.6 Å². The minimum absolute atomic E-state index is 0.0471. The second kappa shape index (κ2) is 5.86. The number of nitrogens with one attached hydrogen (secondary N) is 1. The number of fused-ring (bicyclic) bond motifs is 1. The van der Waals surface area contributed by atoms with Gasteiger partial charge in [0.1, 0.15) is 6.54 Å². The van der Waals surface area contributed by atoms with Crippen LogP contribution < -0.4 is 10.2 Å². The van der Waals surface area contributed by atoms with Crippen LogP contribution in [0, 0.1) is 13.8 Å². The summed E-state index contributed by atoms with van der Waals surface area (Å²) in [4.78, 5) is 32.0. The third-order valence-electron chi connectivity index (χ3n) is 4.28. The van der Waals surface area contributed by atoms with Gasteiger partial charge in [-0.3, -0.25) is 9.59 Å². The molecule has 2 amide bonds. The first kappa shape index (κ1) is 16.9. The standard InChI is InChI=1S/C17H18ClN3O2S/c1-9-10(2)24-16(19-9)20-14(22)8-21-13-6-5-11(18)7-12(13)17(3,4)15(21)23/h5-7H,8H2,1-4H3,(H,19,20,22). The van der Waals surface area contributed by atoms with Crippen LogP contribution in [0.5, 0.6) is 0 Å². The summed E-state index contributed by atoms with van der Waals surface area (Å²) in [6.45, 7) is 7.49. The lowest BCUT2D eigenvalue weighted by atomic mass is 9.86. The van der Waals surface area contributed by atoms with Crippen molar-refractivity contribution in [1.29, 1.82) is 0 Å². The Morgan fingerprint density at radius 1 is 1.38 bits per heavy atom. The fourth-order valence-corrected chi connectivity index (χ4v) is 3.79. The van der Waals surface area contributed by atoms with Gasteiger partial charge in [0.15, 0.2) is 5.13 Å². The number of carbonyl (C=O) groups is 2. The molecule has 2 aromatic rings. The molecule has 0 saturated heterocycles. The first-order valence-corrected chi connectivity index (χ1v) is 8.75. The Labute approximate surface area is 149 Å². The smallest absolute Gasteiger partial charge is 0.246 e. The summed E-state index contributed by atoms with van der Waals surface area (Å²) >= 11 is 7.49. The number of nitrogens with zero attached hydrogens (tertiary/aromatic N) is 2. The lowest BCUT2D eigenvalue weighted by Gasteiger charge is -2.19. The van der Waals surface area contributed by atoms with E-state index in [1.165, 1.54) is 16.2 Å². The van der Waals surface area contributed by atoms with Gasteiger partial charge in [-0.2, -0.15) is 0 Å². The number of rotatable bonds is 3. The summed E-state index contributed by atoms with van der Waals surface area (Å²) in [5.41, 5.74) is 1.77. The summed E-state index contributed by atoms with van der Waals surface area (Å²) in [6, 6.07) is 5.31. The van der Waals surface area contributed by atoms with E-state index >= 15 is 0 Å². The normalized spacial score (nSPS) is 15.5. The molecule has 3 rings (SSSR count). The van der Waals surface area contributed by atoms with Crippen LogP contribution in [0.15, 0.2) is 18.2 Å². The van der Waals surface area contributed by atoms with Gasteiger partial charge in [-0.15, -0.1) is 11.3 Å². The van der Waals surface area contributed by atoms with E-state index in [0.717, 1.165) is 21.8 Å². The number of aromatic nitrogens is 1. The van der Waals surface area contributed by atoms with Crippen molar-refractivity contribution in [2.45, 2.75) is 33.1 Å². The minimum atomic E-state index is -0.700. The van der Waals surface area contributed by atoms with Gasteiger partial charge < -0.3 is 10.2 Å². The summed E-state index contributed by atoms with van der Waals surface area (Å²) in [5.74, 6) is -0.378. The molecule has 24 heavy (non-hydrogen) atoms. The molecule has 1 N–H and O–H groups in total. The largest absolute Gasteiger partial charge is 0.302 e. The van der Waals surface area contributed by atoms with Gasteiger partial charge in [-0.05, 0) is 51.5 Å². The van der Waals surface area contributed by atoms with Crippen LogP contribution in [0.3, 0.4) is 0 Å². The molecule has 0 saturated carbocycles. The SMILES string of the molecule is Cc1nc(NC(=O)CN2C(=O)C(C)(C)c3cc(Cl)ccc32)sc1C. The number of amides is 2. The molecule has 1 aromatic carbocycles. The average Bonchev–Trinajstić information content (AvgIpc) is 2.89. The van der Waals surface area contributed by atoms with Crippen LogP contribution in [-0.4, -0.2) is 23.3 Å². The predicted octanol–water partition coefficient (Wildman–Crippen LogP) is 3.68. The highest BCUT2D eigenvalue weighted by Gasteiger charge is 2.44. The van der Waals surface area contributed by atoms with Gasteiger partial charge in [0, 0.05) is 15.6 Å². The van der Waals surface area contributed by atoms with Crippen LogP contribution >= 0.6 is 22.9 Å². The van der Waals surface area contributed by atoms with Crippen LogP contribution in [-0.2, 0) is 15.0 Å². The van der Waals surface area contributed by atoms with Crippen LogP contribution in [0.1, 0.15) is 30.0 Å². The van der Waals surface area contributed by atoms with Crippen molar-refractivity contribution in [1.82, 2.24) is 4.98 Å². The topological polar surface area (TPSA) is 62.3 Å². The average molecular weight is 364 g/mol. The van der Waals surface area contributed by atoms with Gasteiger partial charge in [0.2, 0.25) is 11.8 Å². The summed E-state index contributed by atoms with van der Waals surface area (Å²) in [5, 5.41) is 3.90. The molecule has 5 nitrogen and oxygen atoms in total. The van der Waals surface area contributed by atoms with Crippen molar-refractivity contribution in [2.75, 3.05) is 16.8 Å². The number of hydrogen-bond acceptors (Lipinski definition) is 4. The molecule has 0 atom stereocenters. The van der Waals surface area contributed by atoms with Gasteiger partial charge in [0.05, 0.1) is 11.1 Å². The lowest BCUT2D eigenvalue weighted by Crippen LogP contribution is -2.40. The van der Waals surface area contributed by atoms with E-state index in [9.17, 15) is 9.59 Å². The molecular weight excluding hydrogens is 346 g/mol. The Hall–Kier alpha value is -1.92. The van der Waals surface area contributed by atoms with E-state index in [0.29, 0.717) is 10.2 Å². The number of hydrogen-bond donors (Lipinski definition) is 1. The van der Waals surface area contributed by atoms with Crippen molar-refractivity contribution in [3.63, 3.8) is 0 Å². The Morgan fingerprint density at radius 2 is 2.08 bits per heavy atom. The predicted molar refractivity (Wildman–Crippen MR) is 97.0 cm³/mol. The first-order valence-electron chi connectivity index (χ1n) is 7.56. The van der Waals surface area contributed by atoms with E-state index < -0.39 is 5.41 Å². The highest BCUT2D eigenvalue weighted by molar-refractivity contribution is 7.15. The van der Waals surface area contributed by atoms with Crippen molar-refractivity contribution in [3.05, 3.63) is 39.4 Å². The summed E-state index contributed by atoms with van der Waals surface area (Å²) in [7, 11) is 0. The number of carbonyl (C=O) groups excluding carboxylic acids is 2. The Balaban J connectivity index is 1.83. The monoisotopic (exact) mass is 363 g/mol. The van der Waals surface area contributed by atoms with E-state index in [1.54, 1.807) is 18.2 Å². The van der Waals surface area contributed by atoms with Gasteiger partial charge in [0.25, 0.3) is 0 Å². The third kappa shape index (κ3) is 2.80. The van der Waals surface area contributed by atoms with Crippen molar-refractivity contribution < 1.29 is 9.59 Å². The zero-order valence-corrected chi connectivity index (χ0v) is 15.5. The molecule has 1 aliphatic heterocycles. The Bertz CT molecular complexity index is 825. The Kier molecular flexibility index (Phi) is 4.13. The van der Waals surface area contributed by atoms with Crippen molar-refractivity contribution in [2.24, 2.45) is 0 Å². The molecular formula is C17H18ClN3O2S. The highest BCUT2D eigenvalue weighted by atomic mass is 35.5. The second-order valence-corrected chi connectivity index (χ2v) is 8.03. The second-order valence-electron chi connectivity index (χ2n) is 6.39. The fraction of sp³-hybridized carbons (Fsp3) is 0.353. The molecule has 1 aromatic heterocycles. The molecule has 0 fully saturated rings. The van der Waals surface area contributed by atoms with Crippen molar-refractivity contribution >= 4 is 45.6 Å². The molecule has 1 aliphatic rings. The van der Waals surface area contributed by atoms with Gasteiger partial charge >= 0.3 is 0 Å². The number of anilines is 2. The number of halogens is 1. The maximum atomic E-state index is 12.7. The van der Waals surface area contributed by atoms with Crippen LogP contribution in [0.2, 0.25) is 5.02 Å².